The van der Waals surface area contributed by atoms with Crippen LogP contribution in [-0.2, 0) is 41.9 Å². The van der Waals surface area contributed by atoms with Gasteiger partial charge in [-0.05, 0) is 61.4 Å². The van der Waals surface area contributed by atoms with Crippen LogP contribution < -0.4 is 20.9 Å². The first-order chi connectivity index (χ1) is 26.4. The van der Waals surface area contributed by atoms with Gasteiger partial charge in [0, 0.05) is 53.7 Å². The lowest BCUT2D eigenvalue weighted by atomic mass is 10.0. The molecule has 3 aromatic rings. The molecule has 0 radical (unpaired) electrons. The zero-order chi connectivity index (χ0) is 38.8. The molecule has 0 spiro atoms. The number of rotatable bonds is 12. The van der Waals surface area contributed by atoms with E-state index in [4.69, 9.17) is 10.6 Å². The van der Waals surface area contributed by atoms with Crippen molar-refractivity contribution < 1.29 is 48.0 Å². The van der Waals surface area contributed by atoms with Crippen molar-refractivity contribution in [1.29, 1.82) is 0 Å². The number of nitrogen functional groups attached to an aromatic ring is 1. The van der Waals surface area contributed by atoms with Crippen LogP contribution in [0.4, 0.5) is 15.2 Å². The molecular formula is C36H36FN8O8S2+. The SMILES string of the molecule is Nc1nc(/C(=N/OC2CCCC2)C(=O)N[C@@H]2C(=O)N3C(C(=O)O)=C(/C=C4\CCN(Cc5cc[n+](CC(=O)Nc6ccc(O)c(F)c6)cc5)C4=O)CS[C@H]23)cs1. The first kappa shape index (κ1) is 37.5. The van der Waals surface area contributed by atoms with E-state index in [0.717, 1.165) is 59.6 Å². The number of anilines is 2. The zero-order valence-electron chi connectivity index (χ0n) is 29.1. The smallest absolute Gasteiger partial charge is 0.352 e. The number of carboxylic acids is 1. The molecule has 7 rings (SSSR count). The highest BCUT2D eigenvalue weighted by molar-refractivity contribution is 8.00. The number of nitrogens with zero attached hydrogens (tertiary/aromatic N) is 5. The molecule has 5 heterocycles. The van der Waals surface area contributed by atoms with E-state index in [1.807, 2.05) is 0 Å². The number of nitrogens with two attached hydrogens (primary N) is 1. The van der Waals surface area contributed by atoms with Gasteiger partial charge in [0.05, 0.1) is 0 Å². The molecule has 1 aromatic carbocycles. The summed E-state index contributed by atoms with van der Waals surface area (Å²) in [5.74, 6) is -4.50. The first-order valence-electron chi connectivity index (χ1n) is 17.4. The summed E-state index contributed by atoms with van der Waals surface area (Å²) in [5, 5.41) is 30.0. The van der Waals surface area contributed by atoms with Gasteiger partial charge in [-0.1, -0.05) is 5.16 Å². The Labute approximate surface area is 321 Å². The predicted octanol–water partition coefficient (Wildman–Crippen LogP) is 2.26. The standard InChI is InChI=1S/C36H35FN8O8S2/c37-24-14-22(5-6-26(24)46)39-27(47)16-43-10-7-19(8-11-43)15-44-12-9-20(32(44)49)13-21-17-54-34-29(33(50)45(34)30(21)35(51)52)41-31(48)28(25-18-55-36(38)40-25)42-53-23-3-1-2-4-23/h5-8,10-11,13-14,18,23,29,34H,1-4,9,12,15-17H2,(H5-,38,39,40,41,42,46,47,48,51,52)/p+1/b20-13+/t29-,34-/m1/s1. The Morgan fingerprint density at radius 1 is 1.16 bits per heavy atom. The zero-order valence-corrected chi connectivity index (χ0v) is 30.8. The Hall–Kier alpha value is -5.82. The number of carboxylic acid groups (broad SMARTS) is 1. The van der Waals surface area contributed by atoms with E-state index in [9.17, 15) is 38.6 Å². The molecule has 2 aromatic heterocycles. The fourth-order valence-electron chi connectivity index (χ4n) is 6.72. The Bertz CT molecular complexity index is 2150. The van der Waals surface area contributed by atoms with Crippen molar-refractivity contribution in [3.05, 3.63) is 88.1 Å². The average molecular weight is 792 g/mol. The van der Waals surface area contributed by atoms with Gasteiger partial charge in [0.2, 0.25) is 12.5 Å². The van der Waals surface area contributed by atoms with E-state index in [1.54, 1.807) is 45.4 Å². The van der Waals surface area contributed by atoms with Gasteiger partial charge in [-0.15, -0.1) is 23.1 Å². The van der Waals surface area contributed by atoms with Crippen LogP contribution in [0, 0.1) is 5.82 Å². The summed E-state index contributed by atoms with van der Waals surface area (Å²) in [7, 11) is 0. The number of allylic oxidation sites excluding steroid dienone is 1. The number of hydrogen-bond acceptors (Lipinski definition) is 12. The molecule has 16 nitrogen and oxygen atoms in total. The molecule has 0 unspecified atom stereocenters. The number of hydrogen-bond donors (Lipinski definition) is 5. The number of phenolic OH excluding ortho intramolecular Hbond substituents is 1. The molecule has 2 saturated heterocycles. The number of phenols is 1. The summed E-state index contributed by atoms with van der Waals surface area (Å²) in [6.45, 7) is 0.609. The third kappa shape index (κ3) is 8.16. The number of carbonyl (C=O) groups excluding carboxylic acids is 4. The third-order valence-electron chi connectivity index (χ3n) is 9.51. The highest BCUT2D eigenvalue weighted by atomic mass is 32.2. The fraction of sp³-hybridized carbons (Fsp3) is 0.333. The number of aromatic hydroxyl groups is 1. The summed E-state index contributed by atoms with van der Waals surface area (Å²) < 4.78 is 15.2. The van der Waals surface area contributed by atoms with E-state index < -0.39 is 46.7 Å². The molecule has 4 amide bonds. The quantitative estimate of drug-likeness (QED) is 0.0447. The Morgan fingerprint density at radius 3 is 2.62 bits per heavy atom. The molecule has 1 saturated carbocycles. The third-order valence-corrected chi connectivity index (χ3v) is 11.5. The van der Waals surface area contributed by atoms with Gasteiger partial charge in [-0.3, -0.25) is 24.1 Å². The molecule has 0 bridgehead atoms. The number of amides is 4. The minimum absolute atomic E-state index is 0.0579. The van der Waals surface area contributed by atoms with E-state index in [1.165, 1.54) is 17.8 Å². The maximum atomic E-state index is 13.6. The van der Waals surface area contributed by atoms with Crippen molar-refractivity contribution in [2.75, 3.05) is 23.3 Å². The Morgan fingerprint density at radius 2 is 1.93 bits per heavy atom. The van der Waals surface area contributed by atoms with Crippen LogP contribution in [0.2, 0.25) is 0 Å². The van der Waals surface area contributed by atoms with Crippen LogP contribution in [-0.4, -0.2) is 90.1 Å². The number of benzene rings is 1. The number of thioether (sulfide) groups is 1. The van der Waals surface area contributed by atoms with Gasteiger partial charge >= 0.3 is 5.97 Å². The number of nitrogens with one attached hydrogen (secondary N) is 2. The van der Waals surface area contributed by atoms with Crippen molar-refractivity contribution in [3.63, 3.8) is 0 Å². The van der Waals surface area contributed by atoms with Crippen LogP contribution in [0.3, 0.4) is 0 Å². The number of halogens is 1. The normalized spacial score (nSPS) is 20.8. The van der Waals surface area contributed by atoms with E-state index in [0.29, 0.717) is 24.1 Å². The fourth-order valence-corrected chi connectivity index (χ4v) is 8.57. The number of fused-ring (bicyclic) bond motifs is 1. The number of β-lactam (4-membered cyclic amide) rings is 1. The average Bonchev–Trinajstić information content (AvgIpc) is 3.92. The molecule has 2 atom stereocenters. The van der Waals surface area contributed by atoms with Gasteiger partial charge in [0.15, 0.2) is 34.8 Å². The number of aromatic nitrogens is 2. The molecule has 6 N–H and O–H groups in total. The largest absolute Gasteiger partial charge is 0.505 e. The van der Waals surface area contributed by atoms with Crippen molar-refractivity contribution in [2.45, 2.75) is 62.7 Å². The Balaban J connectivity index is 0.977. The topological polar surface area (TPSA) is 221 Å². The number of thiazole rings is 1. The van der Waals surface area contributed by atoms with E-state index in [-0.39, 0.29) is 58.8 Å². The number of likely N-dealkylation sites (tertiary alicyclic amines) is 1. The van der Waals surface area contributed by atoms with Gasteiger partial charge in [0.1, 0.15) is 28.9 Å². The second-order valence-electron chi connectivity index (χ2n) is 13.3. The van der Waals surface area contributed by atoms with Gasteiger partial charge in [-0.25, -0.2) is 14.2 Å². The lowest BCUT2D eigenvalue weighted by molar-refractivity contribution is -0.684. The monoisotopic (exact) mass is 791 g/mol. The molecule has 55 heavy (non-hydrogen) atoms. The van der Waals surface area contributed by atoms with Crippen LogP contribution in [0.1, 0.15) is 43.4 Å². The van der Waals surface area contributed by atoms with E-state index >= 15 is 0 Å². The van der Waals surface area contributed by atoms with Crippen LogP contribution in [0.25, 0.3) is 0 Å². The maximum Gasteiger partial charge on any atom is 0.352 e. The van der Waals surface area contributed by atoms with Gasteiger partial charge < -0.3 is 36.3 Å². The molecule has 286 valence electrons. The molecule has 3 aliphatic heterocycles. The van der Waals surface area contributed by atoms with Crippen LogP contribution in [0.5, 0.6) is 5.75 Å². The first-order valence-corrected chi connectivity index (χ1v) is 19.3. The minimum atomic E-state index is -1.33. The minimum Gasteiger partial charge on any atom is -0.505 e. The number of aliphatic carboxylic acids is 1. The predicted molar refractivity (Wildman–Crippen MR) is 198 cm³/mol. The molecule has 19 heteroatoms. The van der Waals surface area contributed by atoms with Crippen molar-refractivity contribution in [1.82, 2.24) is 20.1 Å². The molecule has 4 aliphatic rings. The lowest BCUT2D eigenvalue weighted by Crippen LogP contribution is -2.71. The summed E-state index contributed by atoms with van der Waals surface area (Å²) >= 11 is 2.40. The second-order valence-corrected chi connectivity index (χ2v) is 15.3. The second kappa shape index (κ2) is 15.9. The van der Waals surface area contributed by atoms with Gasteiger partial charge in [-0.2, -0.15) is 4.57 Å². The van der Waals surface area contributed by atoms with Crippen molar-refractivity contribution in [3.8, 4) is 5.75 Å². The van der Waals surface area contributed by atoms with Crippen LogP contribution >= 0.6 is 23.1 Å². The lowest BCUT2D eigenvalue weighted by Gasteiger charge is -2.49. The number of oxime groups is 1. The summed E-state index contributed by atoms with van der Waals surface area (Å²) in [6, 6.07) is 6.05. The summed E-state index contributed by atoms with van der Waals surface area (Å²) in [6.07, 6.45) is 8.75. The Kier molecular flexibility index (Phi) is 10.8. The van der Waals surface area contributed by atoms with E-state index in [2.05, 4.69) is 20.8 Å². The van der Waals surface area contributed by atoms with Crippen molar-refractivity contribution in [2.24, 2.45) is 5.16 Å². The van der Waals surface area contributed by atoms with Crippen molar-refractivity contribution >= 4 is 69.2 Å². The summed E-state index contributed by atoms with van der Waals surface area (Å²) in [4.78, 5) is 77.8. The number of carbonyl (C=O) groups is 5. The highest BCUT2D eigenvalue weighted by Gasteiger charge is 2.54. The highest BCUT2D eigenvalue weighted by Crippen LogP contribution is 2.41. The summed E-state index contributed by atoms with van der Waals surface area (Å²) in [5.41, 5.74) is 7.35. The number of pyridine rings is 1. The molecule has 3 fully saturated rings. The molecular weight excluding hydrogens is 756 g/mol. The molecule has 1 aliphatic carbocycles. The van der Waals surface area contributed by atoms with Crippen LogP contribution in [0.15, 0.2) is 76.2 Å². The maximum absolute atomic E-state index is 13.6. The van der Waals surface area contributed by atoms with Gasteiger partial charge in [0.25, 0.3) is 17.7 Å².